The number of hydrogen-bond donors (Lipinski definition) is 1. The molecule has 2 aromatic rings. The Labute approximate surface area is 280 Å². The molecule has 1 aromatic carbocycles. The number of likely N-dealkylation sites (N-methyl/N-ethyl adjacent to an activating group) is 2. The van der Waals surface area contributed by atoms with Crippen LogP contribution in [0.4, 0.5) is 22.0 Å². The third kappa shape index (κ3) is 8.87. The van der Waals surface area contributed by atoms with Crippen LogP contribution in [0.5, 0.6) is 5.75 Å². The Balaban J connectivity index is 1.85. The van der Waals surface area contributed by atoms with Gasteiger partial charge in [0.2, 0.25) is 46.6 Å². The summed E-state index contributed by atoms with van der Waals surface area (Å²) in [4.78, 5) is 59.6. The molecule has 1 unspecified atom stereocenters. The van der Waals surface area contributed by atoms with E-state index in [1.807, 2.05) is 39.6 Å². The number of likely N-dealkylation sites (tertiary alicyclic amines) is 1. The van der Waals surface area contributed by atoms with Gasteiger partial charge in [0.15, 0.2) is 11.8 Å². The maximum Gasteiger partial charge on any atom is 0.363 e. The van der Waals surface area contributed by atoms with E-state index in [0.29, 0.717) is 12.8 Å². The smallest absolute Gasteiger partial charge is 0.363 e. The quantitative estimate of drug-likeness (QED) is 0.0949. The fraction of sp³-hybridized carbons (Fsp3) is 0.594. The lowest BCUT2D eigenvalue weighted by Gasteiger charge is -2.38. The lowest BCUT2D eigenvalue weighted by atomic mass is 9.92. The van der Waals surface area contributed by atoms with Crippen molar-refractivity contribution in [1.82, 2.24) is 20.1 Å². The Hall–Kier alpha value is -3.66. The minimum atomic E-state index is -2.41. The van der Waals surface area contributed by atoms with Gasteiger partial charge in [0.05, 0.1) is 6.04 Å². The second-order valence-corrected chi connectivity index (χ2v) is 13.2. The van der Waals surface area contributed by atoms with Gasteiger partial charge in [-0.25, -0.2) is 22.9 Å². The van der Waals surface area contributed by atoms with Gasteiger partial charge in [-0.1, -0.05) is 40.5 Å². The van der Waals surface area contributed by atoms with Crippen LogP contribution in [0.3, 0.4) is 0 Å². The van der Waals surface area contributed by atoms with Crippen molar-refractivity contribution >= 4 is 35.1 Å². The molecule has 3 rings (SSSR count). The van der Waals surface area contributed by atoms with Crippen molar-refractivity contribution in [2.75, 3.05) is 20.6 Å². The summed E-state index contributed by atoms with van der Waals surface area (Å²) in [6, 6.07) is -1.76. The topological polar surface area (TPSA) is 118 Å². The van der Waals surface area contributed by atoms with Crippen LogP contribution in [0.1, 0.15) is 88.3 Å². The molecule has 0 radical (unpaired) electrons. The highest BCUT2D eigenvalue weighted by Crippen LogP contribution is 2.33. The number of benzene rings is 1. The van der Waals surface area contributed by atoms with E-state index >= 15 is 0 Å². The summed E-state index contributed by atoms with van der Waals surface area (Å²) in [5.41, 5.74) is -0.547. The standard InChI is InChI=1S/C32H41F5N4O6S/c1-8-16(4)27(39-29(43)19-11-9-10-12-40(19)6)31(44)41(7)20(15(2)3)13-21(46-17(5)42)30-38-18(14-48-30)32(45)47-28-25(36)23(34)22(33)24(35)26(28)37/h14-16,19-21,27H,8-13H2,1-7H3,(H,39,43)/t16?,19-,20-,21-,27+/m1/s1. The maximum atomic E-state index is 14.1. The molecular formula is C32H41F5N4O6S. The Morgan fingerprint density at radius 3 is 2.19 bits per heavy atom. The zero-order valence-electron chi connectivity index (χ0n) is 27.9. The molecule has 0 spiro atoms. The number of esters is 2. The first-order valence-corrected chi connectivity index (χ1v) is 16.5. The van der Waals surface area contributed by atoms with Crippen LogP contribution in [-0.2, 0) is 19.1 Å². The molecule has 0 aliphatic carbocycles. The Morgan fingerprint density at radius 2 is 1.65 bits per heavy atom. The van der Waals surface area contributed by atoms with Crippen LogP contribution < -0.4 is 10.1 Å². The second kappa shape index (κ2) is 16.6. The van der Waals surface area contributed by atoms with Crippen LogP contribution >= 0.6 is 11.3 Å². The van der Waals surface area contributed by atoms with Crippen LogP contribution in [0.15, 0.2) is 5.38 Å². The predicted octanol–water partition coefficient (Wildman–Crippen LogP) is 5.55. The van der Waals surface area contributed by atoms with Gasteiger partial charge in [-0.2, -0.15) is 8.78 Å². The first kappa shape index (κ1) is 38.8. The van der Waals surface area contributed by atoms with Crippen molar-refractivity contribution < 1.29 is 50.6 Å². The first-order valence-electron chi connectivity index (χ1n) is 15.6. The molecule has 1 N–H and O–H groups in total. The molecule has 0 saturated carbocycles. The summed E-state index contributed by atoms with van der Waals surface area (Å²) >= 11 is 0.819. The van der Waals surface area contributed by atoms with Crippen molar-refractivity contribution in [3.8, 4) is 5.75 Å². The molecule has 1 saturated heterocycles. The third-order valence-electron chi connectivity index (χ3n) is 8.60. The van der Waals surface area contributed by atoms with Gasteiger partial charge < -0.3 is 19.7 Å². The normalized spacial score (nSPS) is 17.7. The van der Waals surface area contributed by atoms with E-state index in [2.05, 4.69) is 15.0 Å². The van der Waals surface area contributed by atoms with Gasteiger partial charge in [0, 0.05) is 31.8 Å². The zero-order valence-corrected chi connectivity index (χ0v) is 28.7. The number of nitrogens with zero attached hydrogens (tertiary/aromatic N) is 3. The van der Waals surface area contributed by atoms with Crippen LogP contribution in [-0.4, -0.2) is 77.3 Å². The summed E-state index contributed by atoms with van der Waals surface area (Å²) in [7, 11) is 3.46. The highest BCUT2D eigenvalue weighted by atomic mass is 32.1. The molecule has 48 heavy (non-hydrogen) atoms. The van der Waals surface area contributed by atoms with E-state index < -0.39 is 70.7 Å². The average Bonchev–Trinajstić information content (AvgIpc) is 3.55. The molecule has 5 atom stereocenters. The number of piperidine rings is 1. The fourth-order valence-corrected chi connectivity index (χ4v) is 6.40. The predicted molar refractivity (Wildman–Crippen MR) is 165 cm³/mol. The van der Waals surface area contributed by atoms with Crippen molar-refractivity contribution in [2.24, 2.45) is 11.8 Å². The average molecular weight is 705 g/mol. The number of hydrogen-bond acceptors (Lipinski definition) is 9. The minimum Gasteiger partial charge on any atom is -0.455 e. The van der Waals surface area contributed by atoms with Gasteiger partial charge in [-0.15, -0.1) is 11.3 Å². The van der Waals surface area contributed by atoms with Gasteiger partial charge in [-0.05, 0) is 38.3 Å². The van der Waals surface area contributed by atoms with Gasteiger partial charge in [-0.3, -0.25) is 19.3 Å². The number of halogens is 5. The van der Waals surface area contributed by atoms with E-state index in [9.17, 15) is 41.1 Å². The lowest BCUT2D eigenvalue weighted by Crippen LogP contribution is -2.58. The fourth-order valence-electron chi connectivity index (χ4n) is 5.57. The maximum absolute atomic E-state index is 14.1. The summed E-state index contributed by atoms with van der Waals surface area (Å²) in [5, 5.41) is 4.13. The van der Waals surface area contributed by atoms with E-state index in [-0.39, 0.29) is 41.1 Å². The number of amides is 2. The largest absolute Gasteiger partial charge is 0.455 e. The van der Waals surface area contributed by atoms with Crippen LogP contribution in [0.2, 0.25) is 0 Å². The monoisotopic (exact) mass is 704 g/mol. The van der Waals surface area contributed by atoms with E-state index in [1.165, 1.54) is 4.90 Å². The molecule has 1 fully saturated rings. The second-order valence-electron chi connectivity index (χ2n) is 12.3. The number of ether oxygens (including phenoxy) is 2. The SMILES string of the molecule is CCC(C)[C@H](NC(=O)[C@H]1CCCCN1C)C(=O)N(C)[C@H](C[C@@H](OC(C)=O)c1nc(C(=O)Oc2c(F)c(F)c(F)c(F)c2F)cs1)C(C)C. The molecule has 10 nitrogen and oxygen atoms in total. The third-order valence-corrected chi connectivity index (χ3v) is 9.54. The number of thiazole rings is 1. The lowest BCUT2D eigenvalue weighted by molar-refractivity contribution is -0.149. The molecule has 1 aromatic heterocycles. The summed E-state index contributed by atoms with van der Waals surface area (Å²) < 4.78 is 78.8. The first-order chi connectivity index (χ1) is 22.5. The Kier molecular flexibility index (Phi) is 13.4. The summed E-state index contributed by atoms with van der Waals surface area (Å²) in [6.45, 7) is 9.41. The molecule has 16 heteroatoms. The van der Waals surface area contributed by atoms with Crippen molar-refractivity contribution in [3.05, 3.63) is 45.2 Å². The molecule has 0 bridgehead atoms. The van der Waals surface area contributed by atoms with E-state index in [1.54, 1.807) is 7.05 Å². The highest BCUT2D eigenvalue weighted by molar-refractivity contribution is 7.09. The highest BCUT2D eigenvalue weighted by Gasteiger charge is 2.37. The van der Waals surface area contributed by atoms with Crippen molar-refractivity contribution in [1.29, 1.82) is 0 Å². The Morgan fingerprint density at radius 1 is 1.04 bits per heavy atom. The number of rotatable bonds is 13. The zero-order chi connectivity index (χ0) is 36.0. The number of nitrogens with one attached hydrogen (secondary N) is 1. The number of carbonyl (C=O) groups excluding carboxylic acids is 4. The molecule has 2 amide bonds. The number of aromatic nitrogens is 1. The van der Waals surface area contributed by atoms with Gasteiger partial charge in [0.25, 0.3) is 0 Å². The molecular weight excluding hydrogens is 663 g/mol. The molecule has 1 aliphatic rings. The molecule has 1 aliphatic heterocycles. The van der Waals surface area contributed by atoms with E-state index in [0.717, 1.165) is 43.0 Å². The van der Waals surface area contributed by atoms with Crippen molar-refractivity contribution in [2.45, 2.75) is 91.0 Å². The van der Waals surface area contributed by atoms with Gasteiger partial charge >= 0.3 is 11.9 Å². The minimum absolute atomic E-state index is 0.00562. The summed E-state index contributed by atoms with van der Waals surface area (Å²) in [5.74, 6) is -16.7. The van der Waals surface area contributed by atoms with E-state index in [4.69, 9.17) is 4.74 Å². The number of carbonyl (C=O) groups is 4. The van der Waals surface area contributed by atoms with Crippen LogP contribution in [0.25, 0.3) is 0 Å². The van der Waals surface area contributed by atoms with Crippen LogP contribution in [0, 0.1) is 40.9 Å². The van der Waals surface area contributed by atoms with Crippen molar-refractivity contribution in [3.63, 3.8) is 0 Å². The Bertz CT molecular complexity index is 1480. The summed E-state index contributed by atoms with van der Waals surface area (Å²) in [6.07, 6.45) is 2.08. The van der Waals surface area contributed by atoms with Gasteiger partial charge in [0.1, 0.15) is 11.0 Å². The molecule has 2 heterocycles. The molecule has 266 valence electrons.